The van der Waals surface area contributed by atoms with Gasteiger partial charge in [0, 0.05) is 56.6 Å². The molecule has 2 aliphatic heterocycles. The lowest BCUT2D eigenvalue weighted by Crippen LogP contribution is -2.44. The Balaban J connectivity index is 1.58. The number of ether oxygens (including phenoxy) is 1. The second-order valence-corrected chi connectivity index (χ2v) is 8.23. The van der Waals surface area contributed by atoms with E-state index >= 15 is 0 Å². The zero-order chi connectivity index (χ0) is 21.5. The van der Waals surface area contributed by atoms with Crippen LogP contribution in [0.1, 0.15) is 36.0 Å². The Bertz CT molecular complexity index is 870. The van der Waals surface area contributed by atoms with Crippen LogP contribution < -0.4 is 5.32 Å². The molecule has 0 radical (unpaired) electrons. The van der Waals surface area contributed by atoms with Crippen LogP contribution in [0.25, 0.3) is 5.70 Å². The largest absolute Gasteiger partial charge is 0.416 e. The van der Waals surface area contributed by atoms with E-state index in [0.717, 1.165) is 12.1 Å². The maximum Gasteiger partial charge on any atom is 0.416 e. The molecule has 1 saturated heterocycles. The minimum absolute atomic E-state index is 0.249. The summed E-state index contributed by atoms with van der Waals surface area (Å²) in [6.07, 6.45) is -3.23. The second-order valence-electron chi connectivity index (χ2n) is 8.23. The van der Waals surface area contributed by atoms with Gasteiger partial charge in [-0.3, -0.25) is 4.79 Å². The maximum atomic E-state index is 13.3. The van der Waals surface area contributed by atoms with Crippen LogP contribution in [0.3, 0.4) is 0 Å². The first-order valence-corrected chi connectivity index (χ1v) is 10.1. The molecular weight excluding hydrogens is 401 g/mol. The van der Waals surface area contributed by atoms with Crippen LogP contribution in [-0.2, 0) is 22.1 Å². The van der Waals surface area contributed by atoms with E-state index < -0.39 is 17.3 Å². The van der Waals surface area contributed by atoms with Crippen molar-refractivity contribution in [1.82, 2.24) is 10.2 Å². The molecule has 1 fully saturated rings. The highest BCUT2D eigenvalue weighted by Gasteiger charge is 2.38. The van der Waals surface area contributed by atoms with E-state index in [1.807, 2.05) is 4.90 Å². The Hall–Kier alpha value is -2.10. The van der Waals surface area contributed by atoms with Crippen LogP contribution in [0, 0.1) is 0 Å². The van der Waals surface area contributed by atoms with Crippen LogP contribution in [0.15, 0.2) is 23.8 Å². The second kappa shape index (κ2) is 7.86. The molecule has 3 N–H and O–H groups in total. The van der Waals surface area contributed by atoms with E-state index in [2.05, 4.69) is 5.32 Å². The van der Waals surface area contributed by atoms with Gasteiger partial charge in [-0.1, -0.05) is 6.07 Å². The number of carbonyl (C=O) groups is 1. The quantitative estimate of drug-likeness (QED) is 0.683. The van der Waals surface area contributed by atoms with Crippen molar-refractivity contribution < 1.29 is 32.9 Å². The Kier molecular flexibility index (Phi) is 5.54. The van der Waals surface area contributed by atoms with E-state index in [1.54, 1.807) is 0 Å². The Morgan fingerprint density at radius 1 is 1.33 bits per heavy atom. The number of nitrogens with one attached hydrogen (secondary N) is 1. The van der Waals surface area contributed by atoms with Gasteiger partial charge >= 0.3 is 6.18 Å². The molecule has 3 aliphatic rings. The molecular formula is C21H25F3N2O4. The highest BCUT2D eigenvalue weighted by Crippen LogP contribution is 2.40. The average molecular weight is 426 g/mol. The van der Waals surface area contributed by atoms with Crippen molar-refractivity contribution in [3.63, 3.8) is 0 Å². The van der Waals surface area contributed by atoms with Gasteiger partial charge in [0.05, 0.1) is 29.6 Å². The van der Waals surface area contributed by atoms with Crippen LogP contribution in [0.2, 0.25) is 0 Å². The normalized spacial score (nSPS) is 26.9. The highest BCUT2D eigenvalue weighted by molar-refractivity contribution is 6.04. The van der Waals surface area contributed by atoms with Crippen molar-refractivity contribution in [1.29, 1.82) is 0 Å². The first-order chi connectivity index (χ1) is 14.2. The number of nitrogens with zero attached hydrogens (tertiary/aromatic N) is 1. The standard InChI is InChI=1S/C21H25F3N2O4/c22-21(23,24)14-2-1-13-9-17-18(16(13)10-14)26(7-5-25-19(17)28)6-3-15-11-20(29,12-27)4-8-30-15/h1-2,10,15,27,29H,3-9,11-12H2,(H,25,28). The number of fused-ring (bicyclic) bond motifs is 2. The highest BCUT2D eigenvalue weighted by atomic mass is 19.4. The van der Waals surface area contributed by atoms with E-state index in [4.69, 9.17) is 4.74 Å². The lowest BCUT2D eigenvalue weighted by molar-refractivity contribution is -0.137. The SMILES string of the molecule is O=C1NCCN(CCC2CC(O)(CO)CCO2)C2=C1Cc1ccc(C(F)(F)F)cc12. The van der Waals surface area contributed by atoms with E-state index in [-0.39, 0.29) is 18.6 Å². The number of carbonyl (C=O) groups excluding carboxylic acids is 1. The summed E-state index contributed by atoms with van der Waals surface area (Å²) in [6, 6.07) is 3.63. The van der Waals surface area contributed by atoms with E-state index in [9.17, 15) is 28.2 Å². The fraction of sp³-hybridized carbons (Fsp3) is 0.571. The molecule has 1 amide bonds. The lowest BCUT2D eigenvalue weighted by Gasteiger charge is -2.36. The molecule has 1 aliphatic carbocycles. The summed E-state index contributed by atoms with van der Waals surface area (Å²) >= 11 is 0. The molecule has 0 aromatic heterocycles. The van der Waals surface area contributed by atoms with Crippen molar-refractivity contribution in [2.24, 2.45) is 0 Å². The third-order valence-electron chi connectivity index (χ3n) is 6.15. The van der Waals surface area contributed by atoms with Gasteiger partial charge in [0.25, 0.3) is 0 Å². The zero-order valence-electron chi connectivity index (χ0n) is 16.5. The van der Waals surface area contributed by atoms with Gasteiger partial charge in [-0.05, 0) is 24.1 Å². The third-order valence-corrected chi connectivity index (χ3v) is 6.15. The summed E-state index contributed by atoms with van der Waals surface area (Å²) in [5.74, 6) is -0.249. The molecule has 0 spiro atoms. The molecule has 4 rings (SSSR count). The van der Waals surface area contributed by atoms with Crippen molar-refractivity contribution in [3.05, 3.63) is 40.5 Å². The Morgan fingerprint density at radius 3 is 2.87 bits per heavy atom. The number of aliphatic hydroxyl groups is 2. The molecule has 2 unspecified atom stereocenters. The molecule has 2 atom stereocenters. The smallest absolute Gasteiger partial charge is 0.393 e. The first kappa shape index (κ1) is 21.1. The summed E-state index contributed by atoms with van der Waals surface area (Å²) in [5, 5.41) is 22.6. The monoisotopic (exact) mass is 426 g/mol. The molecule has 0 bridgehead atoms. The number of aliphatic hydroxyl groups excluding tert-OH is 1. The summed E-state index contributed by atoms with van der Waals surface area (Å²) in [7, 11) is 0. The first-order valence-electron chi connectivity index (χ1n) is 10.1. The van der Waals surface area contributed by atoms with Gasteiger partial charge in [-0.25, -0.2) is 0 Å². The Labute approximate surface area is 172 Å². The number of hydrogen-bond donors (Lipinski definition) is 3. The van der Waals surface area contributed by atoms with Gasteiger partial charge in [0.15, 0.2) is 0 Å². The number of hydrogen-bond acceptors (Lipinski definition) is 5. The van der Waals surface area contributed by atoms with Crippen LogP contribution in [0.5, 0.6) is 0 Å². The molecule has 1 aromatic rings. The molecule has 2 heterocycles. The van der Waals surface area contributed by atoms with Gasteiger partial charge < -0.3 is 25.2 Å². The number of rotatable bonds is 4. The van der Waals surface area contributed by atoms with Crippen molar-refractivity contribution in [3.8, 4) is 0 Å². The minimum atomic E-state index is -4.46. The van der Waals surface area contributed by atoms with Gasteiger partial charge in [-0.2, -0.15) is 13.2 Å². The van der Waals surface area contributed by atoms with Gasteiger partial charge in [-0.15, -0.1) is 0 Å². The van der Waals surface area contributed by atoms with Crippen molar-refractivity contribution in [2.45, 2.75) is 43.6 Å². The number of alkyl halides is 3. The average Bonchev–Trinajstić information content (AvgIpc) is 3.01. The topological polar surface area (TPSA) is 82.0 Å². The molecule has 164 valence electrons. The minimum Gasteiger partial charge on any atom is -0.393 e. The van der Waals surface area contributed by atoms with E-state index in [0.29, 0.717) is 74.3 Å². The summed E-state index contributed by atoms with van der Waals surface area (Å²) in [5.41, 5.74) is 0.304. The molecule has 30 heavy (non-hydrogen) atoms. The number of halogens is 3. The van der Waals surface area contributed by atoms with Crippen molar-refractivity contribution >= 4 is 11.6 Å². The van der Waals surface area contributed by atoms with Gasteiger partial charge in [0.2, 0.25) is 5.91 Å². The van der Waals surface area contributed by atoms with Crippen LogP contribution in [-0.4, -0.2) is 65.6 Å². The number of amides is 1. The number of benzene rings is 1. The predicted octanol–water partition coefficient (Wildman–Crippen LogP) is 1.70. The lowest BCUT2D eigenvalue weighted by atomic mass is 9.90. The molecule has 6 nitrogen and oxygen atoms in total. The van der Waals surface area contributed by atoms with Crippen molar-refractivity contribution in [2.75, 3.05) is 32.8 Å². The molecule has 9 heteroatoms. The summed E-state index contributed by atoms with van der Waals surface area (Å²) in [6.45, 7) is 1.34. The van der Waals surface area contributed by atoms with Crippen LogP contribution >= 0.6 is 0 Å². The molecule has 0 saturated carbocycles. The van der Waals surface area contributed by atoms with E-state index in [1.165, 1.54) is 6.07 Å². The third kappa shape index (κ3) is 4.06. The summed E-state index contributed by atoms with van der Waals surface area (Å²) in [4.78, 5) is 14.5. The zero-order valence-corrected chi connectivity index (χ0v) is 16.5. The fourth-order valence-electron chi connectivity index (χ4n) is 4.49. The summed E-state index contributed by atoms with van der Waals surface area (Å²) < 4.78 is 45.5. The predicted molar refractivity (Wildman–Crippen MR) is 102 cm³/mol. The molecule has 1 aromatic carbocycles. The van der Waals surface area contributed by atoms with Crippen LogP contribution in [0.4, 0.5) is 13.2 Å². The fourth-order valence-corrected chi connectivity index (χ4v) is 4.49. The maximum absolute atomic E-state index is 13.3. The Morgan fingerprint density at radius 2 is 2.13 bits per heavy atom. The van der Waals surface area contributed by atoms with Gasteiger partial charge in [0.1, 0.15) is 0 Å².